The van der Waals surface area contributed by atoms with Crippen molar-refractivity contribution in [2.75, 3.05) is 13.2 Å². The molecule has 0 aliphatic heterocycles. The first kappa shape index (κ1) is 10.7. The highest BCUT2D eigenvalue weighted by molar-refractivity contribution is 7.10. The molecule has 0 bridgehead atoms. The summed E-state index contributed by atoms with van der Waals surface area (Å²) in [4.78, 5) is 1.02. The molecule has 0 aromatic carbocycles. The maximum absolute atomic E-state index is 9.70. The van der Waals surface area contributed by atoms with Gasteiger partial charge >= 0.3 is 0 Å². The van der Waals surface area contributed by atoms with Crippen LogP contribution in [0.15, 0.2) is 11.4 Å². The molecule has 1 heterocycles. The molecule has 1 N–H and O–H groups in total. The second kappa shape index (κ2) is 5.37. The lowest BCUT2D eigenvalue weighted by Gasteiger charge is -2.09. The number of ether oxygens (including phenoxy) is 1. The van der Waals surface area contributed by atoms with Crippen molar-refractivity contribution in [3.63, 3.8) is 0 Å². The van der Waals surface area contributed by atoms with Gasteiger partial charge in [-0.3, -0.25) is 0 Å². The van der Waals surface area contributed by atoms with Crippen LogP contribution in [0.5, 0.6) is 0 Å². The Morgan fingerprint density at radius 2 is 2.38 bits per heavy atom. The van der Waals surface area contributed by atoms with Crippen LogP contribution in [0.3, 0.4) is 0 Å². The zero-order valence-corrected chi connectivity index (χ0v) is 8.93. The molecule has 0 aliphatic carbocycles. The molecule has 0 aliphatic rings. The van der Waals surface area contributed by atoms with Gasteiger partial charge in [0.25, 0.3) is 0 Å². The van der Waals surface area contributed by atoms with E-state index >= 15 is 0 Å². The normalized spacial score (nSPS) is 13.2. The van der Waals surface area contributed by atoms with Gasteiger partial charge in [0.1, 0.15) is 6.10 Å². The minimum atomic E-state index is -0.452. The molecule has 1 rings (SSSR count). The van der Waals surface area contributed by atoms with Crippen LogP contribution >= 0.6 is 11.3 Å². The fraction of sp³-hybridized carbons (Fsp3) is 0.600. The summed E-state index contributed by atoms with van der Waals surface area (Å²) in [7, 11) is 0. The highest BCUT2D eigenvalue weighted by Crippen LogP contribution is 2.23. The van der Waals surface area contributed by atoms with E-state index in [0.29, 0.717) is 6.61 Å². The molecule has 1 unspecified atom stereocenters. The third-order valence-corrected chi connectivity index (χ3v) is 2.95. The number of hydrogen-bond acceptors (Lipinski definition) is 3. The third kappa shape index (κ3) is 3.10. The molecular formula is C10H16O2S. The van der Waals surface area contributed by atoms with Gasteiger partial charge < -0.3 is 9.84 Å². The van der Waals surface area contributed by atoms with Gasteiger partial charge in [0.05, 0.1) is 6.61 Å². The average molecular weight is 200 g/mol. The summed E-state index contributed by atoms with van der Waals surface area (Å²) in [6.07, 6.45) is 0.544. The predicted octanol–water partition coefficient (Wildman–Crippen LogP) is 2.52. The number of hydrogen-bond donors (Lipinski definition) is 1. The lowest BCUT2D eigenvalue weighted by molar-refractivity contribution is 0.0379. The molecule has 3 heteroatoms. The molecule has 74 valence electrons. The van der Waals surface area contributed by atoms with Crippen LogP contribution in [0.1, 0.15) is 29.9 Å². The lowest BCUT2D eigenvalue weighted by atomic mass is 10.2. The Bertz CT molecular complexity index is 245. The third-order valence-electron chi connectivity index (χ3n) is 1.83. The second-order valence-corrected chi connectivity index (χ2v) is 4.01. The van der Waals surface area contributed by atoms with Crippen molar-refractivity contribution < 1.29 is 9.84 Å². The van der Waals surface area contributed by atoms with E-state index in [1.165, 1.54) is 0 Å². The Labute approximate surface area is 83.2 Å². The van der Waals surface area contributed by atoms with Crippen LogP contribution in [-0.4, -0.2) is 18.3 Å². The highest BCUT2D eigenvalue weighted by atomic mass is 32.1. The van der Waals surface area contributed by atoms with E-state index in [2.05, 4.69) is 6.92 Å². The number of thiophene rings is 1. The molecule has 0 radical (unpaired) electrons. The van der Waals surface area contributed by atoms with E-state index in [1.807, 2.05) is 18.4 Å². The number of rotatable bonds is 5. The smallest absolute Gasteiger partial charge is 0.112 e. The maximum Gasteiger partial charge on any atom is 0.112 e. The van der Waals surface area contributed by atoms with Crippen LogP contribution in [-0.2, 0) is 4.74 Å². The molecule has 1 aromatic heterocycles. The average Bonchev–Trinajstić information content (AvgIpc) is 2.52. The van der Waals surface area contributed by atoms with Crippen LogP contribution in [0.25, 0.3) is 0 Å². The molecule has 1 aromatic rings. The lowest BCUT2D eigenvalue weighted by Crippen LogP contribution is -2.07. The maximum atomic E-state index is 9.70. The predicted molar refractivity (Wildman–Crippen MR) is 55.1 cm³/mol. The van der Waals surface area contributed by atoms with E-state index in [9.17, 15) is 5.11 Å². The molecule has 0 amide bonds. The molecule has 13 heavy (non-hydrogen) atoms. The monoisotopic (exact) mass is 200 g/mol. The van der Waals surface area contributed by atoms with Gasteiger partial charge in [-0.1, -0.05) is 6.92 Å². The summed E-state index contributed by atoms with van der Waals surface area (Å²) in [6, 6.07) is 2.02. The van der Waals surface area contributed by atoms with Crippen LogP contribution in [0, 0.1) is 6.92 Å². The van der Waals surface area contributed by atoms with Gasteiger partial charge in [-0.25, -0.2) is 0 Å². The summed E-state index contributed by atoms with van der Waals surface area (Å²) in [5, 5.41) is 11.7. The largest absolute Gasteiger partial charge is 0.385 e. The molecule has 0 fully saturated rings. The molecule has 0 spiro atoms. The van der Waals surface area contributed by atoms with E-state index in [0.717, 1.165) is 23.5 Å². The van der Waals surface area contributed by atoms with Gasteiger partial charge in [0.15, 0.2) is 0 Å². The first-order valence-electron chi connectivity index (χ1n) is 4.55. The van der Waals surface area contributed by atoms with E-state index < -0.39 is 6.10 Å². The molecule has 2 nitrogen and oxygen atoms in total. The summed E-state index contributed by atoms with van der Waals surface area (Å²) >= 11 is 1.59. The SMILES string of the molecule is CCCOCC(O)c1sccc1C. The molecule has 1 atom stereocenters. The summed E-state index contributed by atoms with van der Waals surface area (Å²) in [5.74, 6) is 0. The van der Waals surface area contributed by atoms with Gasteiger partial charge in [0.2, 0.25) is 0 Å². The van der Waals surface area contributed by atoms with Crippen molar-refractivity contribution in [2.24, 2.45) is 0 Å². The number of aliphatic hydroxyl groups is 1. The van der Waals surface area contributed by atoms with Gasteiger partial charge in [0, 0.05) is 11.5 Å². The Morgan fingerprint density at radius 1 is 1.62 bits per heavy atom. The van der Waals surface area contributed by atoms with E-state index in [-0.39, 0.29) is 0 Å². The van der Waals surface area contributed by atoms with Crippen molar-refractivity contribution in [2.45, 2.75) is 26.4 Å². The Morgan fingerprint density at radius 3 is 2.92 bits per heavy atom. The fourth-order valence-corrected chi connectivity index (χ4v) is 2.04. The standard InChI is InChI=1S/C10H16O2S/c1-3-5-12-7-9(11)10-8(2)4-6-13-10/h4,6,9,11H,3,5,7H2,1-2H3. The Balaban J connectivity index is 2.39. The Kier molecular flexibility index (Phi) is 4.42. The van der Waals surface area contributed by atoms with Crippen LogP contribution < -0.4 is 0 Å². The van der Waals surface area contributed by atoms with E-state index in [1.54, 1.807) is 11.3 Å². The van der Waals surface area contributed by atoms with Crippen molar-refractivity contribution >= 4 is 11.3 Å². The van der Waals surface area contributed by atoms with E-state index in [4.69, 9.17) is 4.74 Å². The molecule has 0 saturated heterocycles. The first-order valence-corrected chi connectivity index (χ1v) is 5.43. The zero-order valence-electron chi connectivity index (χ0n) is 8.12. The topological polar surface area (TPSA) is 29.5 Å². The molecular weight excluding hydrogens is 184 g/mol. The Hall–Kier alpha value is -0.380. The summed E-state index contributed by atoms with van der Waals surface area (Å²) < 4.78 is 5.28. The van der Waals surface area contributed by atoms with Gasteiger partial charge in [-0.2, -0.15) is 0 Å². The van der Waals surface area contributed by atoms with Crippen molar-refractivity contribution in [3.05, 3.63) is 21.9 Å². The van der Waals surface area contributed by atoms with Crippen LogP contribution in [0.4, 0.5) is 0 Å². The van der Waals surface area contributed by atoms with Crippen molar-refractivity contribution in [1.29, 1.82) is 0 Å². The minimum absolute atomic E-state index is 0.412. The number of aryl methyl sites for hydroxylation is 1. The highest BCUT2D eigenvalue weighted by Gasteiger charge is 2.11. The fourth-order valence-electron chi connectivity index (χ4n) is 1.14. The zero-order chi connectivity index (χ0) is 9.68. The van der Waals surface area contributed by atoms with Crippen LogP contribution in [0.2, 0.25) is 0 Å². The summed E-state index contributed by atoms with van der Waals surface area (Å²) in [6.45, 7) is 5.20. The summed E-state index contributed by atoms with van der Waals surface area (Å²) in [5.41, 5.74) is 1.15. The quantitative estimate of drug-likeness (QED) is 0.740. The van der Waals surface area contributed by atoms with Crippen molar-refractivity contribution in [3.8, 4) is 0 Å². The van der Waals surface area contributed by atoms with Crippen molar-refractivity contribution in [1.82, 2.24) is 0 Å². The number of aliphatic hydroxyl groups excluding tert-OH is 1. The second-order valence-electron chi connectivity index (χ2n) is 3.06. The minimum Gasteiger partial charge on any atom is -0.385 e. The molecule has 0 saturated carbocycles. The first-order chi connectivity index (χ1) is 6.25. The van der Waals surface area contributed by atoms with Gasteiger partial charge in [-0.05, 0) is 30.4 Å². The van der Waals surface area contributed by atoms with Gasteiger partial charge in [-0.15, -0.1) is 11.3 Å².